The molecule has 1 aromatic rings. The van der Waals surface area contributed by atoms with Crippen LogP contribution in [-0.2, 0) is 6.42 Å². The first-order valence-electron chi connectivity index (χ1n) is 9.19. The molecule has 124 valence electrons. The molecule has 0 atom stereocenters. The zero-order valence-corrected chi connectivity index (χ0v) is 14.3. The van der Waals surface area contributed by atoms with E-state index in [1.807, 2.05) is 12.1 Å². The summed E-state index contributed by atoms with van der Waals surface area (Å²) in [5.74, 6) is 0. The van der Waals surface area contributed by atoms with Crippen molar-refractivity contribution in [2.45, 2.75) is 84.0 Å². The van der Waals surface area contributed by atoms with E-state index < -0.39 is 7.12 Å². The second kappa shape index (κ2) is 12.7. The molecule has 0 aliphatic rings. The Kier molecular flexibility index (Phi) is 11.1. The lowest BCUT2D eigenvalue weighted by Gasteiger charge is -2.04. The Morgan fingerprint density at radius 3 is 1.59 bits per heavy atom. The molecule has 0 saturated heterocycles. The molecule has 2 nitrogen and oxygen atoms in total. The van der Waals surface area contributed by atoms with Gasteiger partial charge < -0.3 is 10.0 Å². The minimum absolute atomic E-state index is 0.572. The largest absolute Gasteiger partial charge is 0.488 e. The van der Waals surface area contributed by atoms with Gasteiger partial charge in [0.05, 0.1) is 0 Å². The Labute approximate surface area is 137 Å². The van der Waals surface area contributed by atoms with Gasteiger partial charge in [0, 0.05) is 0 Å². The van der Waals surface area contributed by atoms with Gasteiger partial charge in [-0.15, -0.1) is 0 Å². The van der Waals surface area contributed by atoms with Gasteiger partial charge in [0.25, 0.3) is 0 Å². The molecule has 22 heavy (non-hydrogen) atoms. The number of hydrogen-bond acceptors (Lipinski definition) is 2. The van der Waals surface area contributed by atoms with E-state index in [1.54, 1.807) is 12.1 Å². The smallest absolute Gasteiger partial charge is 0.423 e. The maximum Gasteiger partial charge on any atom is 0.488 e. The standard InChI is InChI=1S/C19H33BO2/c1-2-3-4-5-6-7-8-9-10-11-12-13-18-14-16-19(17-15-18)20(21)22/h14-17,21-22H,2-13H2,1H3. The summed E-state index contributed by atoms with van der Waals surface area (Å²) in [5, 5.41) is 18.1. The lowest BCUT2D eigenvalue weighted by Crippen LogP contribution is -2.29. The Morgan fingerprint density at radius 1 is 0.682 bits per heavy atom. The highest BCUT2D eigenvalue weighted by Crippen LogP contribution is 2.12. The fourth-order valence-electron chi connectivity index (χ4n) is 2.85. The summed E-state index contributed by atoms with van der Waals surface area (Å²) in [5.41, 5.74) is 1.86. The van der Waals surface area contributed by atoms with E-state index in [4.69, 9.17) is 10.0 Å². The van der Waals surface area contributed by atoms with Crippen LogP contribution < -0.4 is 5.46 Å². The molecular formula is C19H33BO2. The van der Waals surface area contributed by atoms with E-state index in [0.29, 0.717) is 5.46 Å². The number of rotatable bonds is 13. The average molecular weight is 304 g/mol. The molecule has 0 spiro atoms. The molecule has 0 aromatic heterocycles. The maximum atomic E-state index is 9.05. The average Bonchev–Trinajstić information content (AvgIpc) is 2.53. The fourth-order valence-corrected chi connectivity index (χ4v) is 2.85. The summed E-state index contributed by atoms with van der Waals surface area (Å²) in [6, 6.07) is 7.62. The molecule has 0 aliphatic heterocycles. The number of aryl methyl sites for hydroxylation is 1. The van der Waals surface area contributed by atoms with E-state index >= 15 is 0 Å². The summed E-state index contributed by atoms with van der Waals surface area (Å²) >= 11 is 0. The third kappa shape index (κ3) is 9.27. The topological polar surface area (TPSA) is 40.5 Å². The first kappa shape index (κ1) is 19.3. The Bertz CT molecular complexity index is 362. The van der Waals surface area contributed by atoms with Crippen LogP contribution in [0.15, 0.2) is 24.3 Å². The van der Waals surface area contributed by atoms with Gasteiger partial charge in [-0.3, -0.25) is 0 Å². The molecule has 0 fully saturated rings. The van der Waals surface area contributed by atoms with E-state index in [1.165, 1.54) is 76.2 Å². The van der Waals surface area contributed by atoms with Crippen LogP contribution in [0.5, 0.6) is 0 Å². The predicted molar refractivity (Wildman–Crippen MR) is 96.4 cm³/mol. The molecule has 0 unspecified atom stereocenters. The second-order valence-corrected chi connectivity index (χ2v) is 6.40. The van der Waals surface area contributed by atoms with Gasteiger partial charge in [0.15, 0.2) is 0 Å². The van der Waals surface area contributed by atoms with Crippen LogP contribution >= 0.6 is 0 Å². The van der Waals surface area contributed by atoms with Crippen LogP contribution in [0.2, 0.25) is 0 Å². The van der Waals surface area contributed by atoms with Crippen molar-refractivity contribution in [1.29, 1.82) is 0 Å². The van der Waals surface area contributed by atoms with Crippen LogP contribution in [-0.4, -0.2) is 17.2 Å². The van der Waals surface area contributed by atoms with Gasteiger partial charge >= 0.3 is 7.12 Å². The van der Waals surface area contributed by atoms with Crippen LogP contribution in [0.25, 0.3) is 0 Å². The molecule has 0 saturated carbocycles. The van der Waals surface area contributed by atoms with Crippen LogP contribution in [0.3, 0.4) is 0 Å². The van der Waals surface area contributed by atoms with Gasteiger partial charge in [-0.05, 0) is 23.9 Å². The lowest BCUT2D eigenvalue weighted by molar-refractivity contribution is 0.426. The maximum absolute atomic E-state index is 9.05. The van der Waals surface area contributed by atoms with Crippen LogP contribution in [0.4, 0.5) is 0 Å². The highest BCUT2D eigenvalue weighted by Gasteiger charge is 2.09. The Balaban J connectivity index is 1.93. The predicted octanol–water partition coefficient (Wildman–Crippen LogP) is 4.22. The highest BCUT2D eigenvalue weighted by molar-refractivity contribution is 6.58. The monoisotopic (exact) mass is 304 g/mol. The van der Waals surface area contributed by atoms with Gasteiger partial charge in [-0.2, -0.15) is 0 Å². The van der Waals surface area contributed by atoms with Gasteiger partial charge in [-0.1, -0.05) is 95.4 Å². The van der Waals surface area contributed by atoms with Crippen molar-refractivity contribution in [3.05, 3.63) is 29.8 Å². The summed E-state index contributed by atoms with van der Waals surface area (Å²) in [6.07, 6.45) is 16.2. The van der Waals surface area contributed by atoms with Crippen LogP contribution in [0.1, 0.15) is 83.1 Å². The molecule has 0 heterocycles. The number of benzene rings is 1. The Hall–Kier alpha value is -0.795. The number of hydrogen-bond donors (Lipinski definition) is 2. The Morgan fingerprint density at radius 2 is 1.14 bits per heavy atom. The van der Waals surface area contributed by atoms with Gasteiger partial charge in [-0.25, -0.2) is 0 Å². The zero-order valence-electron chi connectivity index (χ0n) is 14.3. The van der Waals surface area contributed by atoms with Crippen molar-refractivity contribution in [2.24, 2.45) is 0 Å². The molecule has 0 bridgehead atoms. The van der Waals surface area contributed by atoms with E-state index in [2.05, 4.69) is 6.92 Å². The molecule has 0 radical (unpaired) electrons. The molecule has 3 heteroatoms. The van der Waals surface area contributed by atoms with E-state index in [-0.39, 0.29) is 0 Å². The summed E-state index contributed by atoms with van der Waals surface area (Å²) < 4.78 is 0. The van der Waals surface area contributed by atoms with E-state index in [0.717, 1.165) is 6.42 Å². The first-order chi connectivity index (χ1) is 10.7. The second-order valence-electron chi connectivity index (χ2n) is 6.40. The van der Waals surface area contributed by atoms with Crippen LogP contribution in [0, 0.1) is 0 Å². The summed E-state index contributed by atoms with van der Waals surface area (Å²) in [4.78, 5) is 0. The van der Waals surface area contributed by atoms with Crippen molar-refractivity contribution in [3.63, 3.8) is 0 Å². The van der Waals surface area contributed by atoms with Crippen molar-refractivity contribution >= 4 is 12.6 Å². The highest BCUT2D eigenvalue weighted by atomic mass is 16.4. The molecule has 0 amide bonds. The summed E-state index contributed by atoms with van der Waals surface area (Å²) in [7, 11) is -1.35. The van der Waals surface area contributed by atoms with E-state index in [9.17, 15) is 0 Å². The van der Waals surface area contributed by atoms with Gasteiger partial charge in [0.2, 0.25) is 0 Å². The van der Waals surface area contributed by atoms with Crippen molar-refractivity contribution in [1.82, 2.24) is 0 Å². The lowest BCUT2D eigenvalue weighted by atomic mass is 9.80. The normalized spacial score (nSPS) is 10.9. The molecule has 1 aromatic carbocycles. The van der Waals surface area contributed by atoms with Crippen molar-refractivity contribution in [2.75, 3.05) is 0 Å². The third-order valence-corrected chi connectivity index (χ3v) is 4.35. The molecule has 0 aliphatic carbocycles. The number of unbranched alkanes of at least 4 members (excludes halogenated alkanes) is 10. The SMILES string of the molecule is CCCCCCCCCCCCCc1ccc(B(O)O)cc1. The summed E-state index contributed by atoms with van der Waals surface area (Å²) in [6.45, 7) is 2.27. The molecular weight excluding hydrogens is 271 g/mol. The van der Waals surface area contributed by atoms with Gasteiger partial charge in [0.1, 0.15) is 0 Å². The quantitative estimate of drug-likeness (QED) is 0.423. The minimum atomic E-state index is -1.35. The zero-order chi connectivity index (χ0) is 16.0. The molecule has 2 N–H and O–H groups in total. The minimum Gasteiger partial charge on any atom is -0.423 e. The first-order valence-corrected chi connectivity index (χ1v) is 9.19. The fraction of sp³-hybridized carbons (Fsp3) is 0.684. The molecule has 1 rings (SSSR count). The van der Waals surface area contributed by atoms with Crippen molar-refractivity contribution in [3.8, 4) is 0 Å². The van der Waals surface area contributed by atoms with Crippen molar-refractivity contribution < 1.29 is 10.0 Å². The third-order valence-electron chi connectivity index (χ3n) is 4.35.